The van der Waals surface area contributed by atoms with E-state index in [0.717, 1.165) is 31.2 Å². The van der Waals surface area contributed by atoms with Crippen molar-refractivity contribution in [1.29, 1.82) is 0 Å². The van der Waals surface area contributed by atoms with Crippen LogP contribution in [0.4, 0.5) is 8.78 Å². The van der Waals surface area contributed by atoms with Gasteiger partial charge in [-0.1, -0.05) is 0 Å². The summed E-state index contributed by atoms with van der Waals surface area (Å²) in [4.78, 5) is 0. The second kappa shape index (κ2) is 6.35. The number of aromatic nitrogens is 4. The van der Waals surface area contributed by atoms with Gasteiger partial charge in [0.1, 0.15) is 23.5 Å². The van der Waals surface area contributed by atoms with Gasteiger partial charge in [0.05, 0.1) is 6.54 Å². The van der Waals surface area contributed by atoms with E-state index in [1.165, 1.54) is 12.1 Å². The predicted molar refractivity (Wildman–Crippen MR) is 74.1 cm³/mol. The van der Waals surface area contributed by atoms with Crippen LogP contribution in [0.1, 0.15) is 25.1 Å². The van der Waals surface area contributed by atoms with Gasteiger partial charge >= 0.3 is 0 Å². The van der Waals surface area contributed by atoms with Crippen LogP contribution in [0.15, 0.2) is 18.2 Å². The van der Waals surface area contributed by atoms with Gasteiger partial charge in [0.25, 0.3) is 0 Å². The van der Waals surface area contributed by atoms with Crippen molar-refractivity contribution in [2.24, 2.45) is 7.05 Å². The third-order valence-electron chi connectivity index (χ3n) is 3.81. The summed E-state index contributed by atoms with van der Waals surface area (Å²) in [6.45, 7) is 0.519. The number of nitrogens with zero attached hydrogens (tertiary/aromatic N) is 4. The lowest BCUT2D eigenvalue weighted by atomic mass is 10.2. The van der Waals surface area contributed by atoms with E-state index >= 15 is 0 Å². The molecule has 1 saturated carbocycles. The molecule has 1 heterocycles. The zero-order valence-electron chi connectivity index (χ0n) is 12.2. The number of hydrogen-bond acceptors (Lipinski definition) is 5. The Labute approximate surface area is 126 Å². The zero-order chi connectivity index (χ0) is 15.5. The van der Waals surface area contributed by atoms with Crippen LogP contribution in [0, 0.1) is 11.6 Å². The van der Waals surface area contributed by atoms with E-state index in [0.29, 0.717) is 6.54 Å². The lowest BCUT2D eigenvalue weighted by Gasteiger charge is -2.22. The Morgan fingerprint density at radius 3 is 2.73 bits per heavy atom. The maximum absolute atomic E-state index is 13.2. The molecule has 1 aromatic carbocycles. The van der Waals surface area contributed by atoms with Crippen LogP contribution in [-0.2, 0) is 13.6 Å². The van der Waals surface area contributed by atoms with E-state index in [4.69, 9.17) is 4.74 Å². The Balaban J connectivity index is 1.61. The molecule has 0 spiro atoms. The molecule has 0 saturated heterocycles. The molecule has 0 amide bonds. The molecule has 118 valence electrons. The Kier molecular flexibility index (Phi) is 4.28. The molecule has 1 aliphatic carbocycles. The minimum absolute atomic E-state index is 0.100. The van der Waals surface area contributed by atoms with Crippen molar-refractivity contribution in [2.75, 3.05) is 0 Å². The largest absolute Gasteiger partial charge is 0.489 e. The Morgan fingerprint density at radius 2 is 2.05 bits per heavy atom. The summed E-state index contributed by atoms with van der Waals surface area (Å²) in [5, 5.41) is 14.6. The first-order chi connectivity index (χ1) is 10.6. The normalized spacial score (nSPS) is 21.2. The average Bonchev–Trinajstić information content (AvgIpc) is 3.04. The average molecular weight is 309 g/mol. The van der Waals surface area contributed by atoms with Gasteiger partial charge in [-0.3, -0.25) is 0 Å². The first-order valence-electron chi connectivity index (χ1n) is 7.19. The number of ether oxygens (including phenoxy) is 1. The van der Waals surface area contributed by atoms with Crippen LogP contribution in [0.25, 0.3) is 0 Å². The van der Waals surface area contributed by atoms with E-state index < -0.39 is 11.6 Å². The first kappa shape index (κ1) is 14.8. The lowest BCUT2D eigenvalue weighted by Crippen LogP contribution is -2.39. The zero-order valence-corrected chi connectivity index (χ0v) is 12.2. The topological polar surface area (TPSA) is 64.9 Å². The highest BCUT2D eigenvalue weighted by Gasteiger charge is 2.29. The molecule has 2 aromatic rings. The maximum Gasteiger partial charge on any atom is 0.164 e. The van der Waals surface area contributed by atoms with Crippen LogP contribution in [0.2, 0.25) is 0 Å². The molecule has 0 bridgehead atoms. The van der Waals surface area contributed by atoms with Gasteiger partial charge in [0.2, 0.25) is 0 Å². The maximum atomic E-state index is 13.2. The van der Waals surface area contributed by atoms with E-state index in [9.17, 15) is 8.78 Å². The van der Waals surface area contributed by atoms with Crippen LogP contribution < -0.4 is 10.1 Å². The van der Waals surface area contributed by atoms with Crippen LogP contribution in [-0.4, -0.2) is 32.4 Å². The Bertz CT molecular complexity index is 628. The van der Waals surface area contributed by atoms with E-state index in [2.05, 4.69) is 20.8 Å². The number of benzene rings is 1. The molecule has 0 radical (unpaired) electrons. The molecular weight excluding hydrogens is 292 g/mol. The number of nitrogens with one attached hydrogen (secondary N) is 1. The lowest BCUT2D eigenvalue weighted by molar-refractivity contribution is 0.172. The second-order valence-electron chi connectivity index (χ2n) is 5.40. The fraction of sp³-hybridized carbons (Fsp3) is 0.500. The highest BCUT2D eigenvalue weighted by Crippen LogP contribution is 2.26. The van der Waals surface area contributed by atoms with Gasteiger partial charge in [-0.25, -0.2) is 13.5 Å². The van der Waals surface area contributed by atoms with Crippen molar-refractivity contribution in [3.8, 4) is 5.75 Å². The van der Waals surface area contributed by atoms with Crippen molar-refractivity contribution in [2.45, 2.75) is 38.0 Å². The number of hydrogen-bond donors (Lipinski definition) is 1. The highest BCUT2D eigenvalue weighted by atomic mass is 19.1. The molecule has 1 aliphatic rings. The standard InChI is InChI=1S/C14H17F2N5O/c1-21-14(18-19-20-21)8-17-12-3-2-4-13(12)22-11-6-9(15)5-10(16)7-11/h5-7,12-13,17H,2-4,8H2,1H3/t12-,13+/m0/s1. The molecule has 1 N–H and O–H groups in total. The number of rotatable bonds is 5. The van der Waals surface area contributed by atoms with Gasteiger partial charge in [-0.2, -0.15) is 0 Å². The molecule has 1 fully saturated rings. The molecule has 6 nitrogen and oxygen atoms in total. The number of tetrazole rings is 1. The third kappa shape index (κ3) is 3.38. The SMILES string of the molecule is Cn1nnnc1CN[C@H]1CCC[C@H]1Oc1cc(F)cc(F)c1. The summed E-state index contributed by atoms with van der Waals surface area (Å²) in [6.07, 6.45) is 2.65. The van der Waals surface area contributed by atoms with Crippen molar-refractivity contribution >= 4 is 0 Å². The quantitative estimate of drug-likeness (QED) is 0.908. The molecular formula is C14H17F2N5O. The molecule has 2 atom stereocenters. The first-order valence-corrected chi connectivity index (χ1v) is 7.19. The van der Waals surface area contributed by atoms with Gasteiger partial charge < -0.3 is 10.1 Å². The Morgan fingerprint density at radius 1 is 1.27 bits per heavy atom. The summed E-state index contributed by atoms with van der Waals surface area (Å²) in [6, 6.07) is 3.33. The summed E-state index contributed by atoms with van der Waals surface area (Å²) in [5.74, 6) is -0.329. The fourth-order valence-corrected chi connectivity index (χ4v) is 2.69. The summed E-state index contributed by atoms with van der Waals surface area (Å²) in [5.41, 5.74) is 0. The van der Waals surface area contributed by atoms with Crippen LogP contribution in [0.5, 0.6) is 5.75 Å². The molecule has 22 heavy (non-hydrogen) atoms. The van der Waals surface area contributed by atoms with Crippen molar-refractivity contribution in [1.82, 2.24) is 25.5 Å². The van der Waals surface area contributed by atoms with Gasteiger partial charge in [-0.15, -0.1) is 5.10 Å². The molecule has 0 unspecified atom stereocenters. The van der Waals surface area contributed by atoms with Crippen molar-refractivity contribution in [3.05, 3.63) is 35.7 Å². The van der Waals surface area contributed by atoms with E-state index in [1.54, 1.807) is 11.7 Å². The number of halogens is 2. The van der Waals surface area contributed by atoms with Crippen molar-refractivity contribution in [3.63, 3.8) is 0 Å². The molecule has 0 aliphatic heterocycles. The minimum Gasteiger partial charge on any atom is -0.489 e. The van der Waals surface area contributed by atoms with Gasteiger partial charge in [0.15, 0.2) is 5.82 Å². The monoisotopic (exact) mass is 309 g/mol. The third-order valence-corrected chi connectivity index (χ3v) is 3.81. The molecule has 8 heteroatoms. The van der Waals surface area contributed by atoms with Gasteiger partial charge in [-0.05, 0) is 29.7 Å². The number of aryl methyl sites for hydroxylation is 1. The van der Waals surface area contributed by atoms with E-state index in [-0.39, 0.29) is 17.9 Å². The molecule has 3 rings (SSSR count). The summed E-state index contributed by atoms with van der Waals surface area (Å²) < 4.78 is 33.8. The second-order valence-corrected chi connectivity index (χ2v) is 5.40. The van der Waals surface area contributed by atoms with Crippen LogP contribution >= 0.6 is 0 Å². The smallest absolute Gasteiger partial charge is 0.164 e. The fourth-order valence-electron chi connectivity index (χ4n) is 2.69. The minimum atomic E-state index is -0.636. The highest BCUT2D eigenvalue weighted by molar-refractivity contribution is 5.24. The van der Waals surface area contributed by atoms with Gasteiger partial charge in [0, 0.05) is 31.3 Å². The van der Waals surface area contributed by atoms with Crippen LogP contribution in [0.3, 0.4) is 0 Å². The van der Waals surface area contributed by atoms with E-state index in [1.807, 2.05) is 0 Å². The summed E-state index contributed by atoms with van der Waals surface area (Å²) in [7, 11) is 1.77. The Hall–Kier alpha value is -2.09. The van der Waals surface area contributed by atoms with Crippen molar-refractivity contribution < 1.29 is 13.5 Å². The summed E-state index contributed by atoms with van der Waals surface area (Å²) >= 11 is 0. The predicted octanol–water partition coefficient (Wildman–Crippen LogP) is 1.58. The molecule has 1 aromatic heterocycles.